The molecule has 3 rings (SSSR count). The first-order valence-corrected chi connectivity index (χ1v) is 7.83. The minimum Gasteiger partial charge on any atom is -0.497 e. The van der Waals surface area contributed by atoms with Gasteiger partial charge in [0.25, 0.3) is 0 Å². The molecule has 1 fully saturated rings. The zero-order chi connectivity index (χ0) is 16.1. The maximum atomic E-state index is 12.5. The van der Waals surface area contributed by atoms with Crippen molar-refractivity contribution in [1.82, 2.24) is 4.90 Å². The number of hydrogen-bond acceptors (Lipinski definition) is 3. The van der Waals surface area contributed by atoms with Crippen LogP contribution in [0.25, 0.3) is 0 Å². The second kappa shape index (κ2) is 7.29. The summed E-state index contributed by atoms with van der Waals surface area (Å²) in [6.07, 6.45) is 0.371. The van der Waals surface area contributed by atoms with E-state index in [0.717, 1.165) is 16.9 Å². The van der Waals surface area contributed by atoms with Crippen LogP contribution in [0.1, 0.15) is 17.2 Å². The lowest BCUT2D eigenvalue weighted by atomic mass is 10.1. The van der Waals surface area contributed by atoms with E-state index in [1.54, 1.807) is 7.11 Å². The van der Waals surface area contributed by atoms with Gasteiger partial charge in [0.2, 0.25) is 5.91 Å². The number of methoxy groups -OCH3 is 1. The Morgan fingerprint density at radius 1 is 1.17 bits per heavy atom. The molecule has 1 saturated heterocycles. The van der Waals surface area contributed by atoms with Crippen LogP contribution >= 0.6 is 0 Å². The Balaban J connectivity index is 1.62. The first kappa shape index (κ1) is 15.6. The molecule has 1 aliphatic heterocycles. The Kier molecular flexibility index (Phi) is 4.93. The third-order valence-electron chi connectivity index (χ3n) is 4.10. The fraction of sp³-hybridized carbons (Fsp3) is 0.316. The molecule has 4 heteroatoms. The van der Waals surface area contributed by atoms with E-state index >= 15 is 0 Å². The van der Waals surface area contributed by atoms with Gasteiger partial charge in [-0.3, -0.25) is 4.79 Å². The van der Waals surface area contributed by atoms with Gasteiger partial charge in [0, 0.05) is 6.54 Å². The maximum absolute atomic E-state index is 12.5. The average molecular weight is 311 g/mol. The summed E-state index contributed by atoms with van der Waals surface area (Å²) in [5.74, 6) is 0.941. The number of amides is 1. The number of hydrogen-bond donors (Lipinski definition) is 0. The lowest BCUT2D eigenvalue weighted by Gasteiger charge is -2.33. The summed E-state index contributed by atoms with van der Waals surface area (Å²) in [7, 11) is 1.64. The van der Waals surface area contributed by atoms with Crippen LogP contribution < -0.4 is 4.74 Å². The Morgan fingerprint density at radius 2 is 1.91 bits per heavy atom. The monoisotopic (exact) mass is 311 g/mol. The largest absolute Gasteiger partial charge is 0.497 e. The van der Waals surface area contributed by atoms with E-state index < -0.39 is 0 Å². The molecule has 23 heavy (non-hydrogen) atoms. The topological polar surface area (TPSA) is 38.8 Å². The van der Waals surface area contributed by atoms with Gasteiger partial charge < -0.3 is 14.4 Å². The minimum atomic E-state index is -0.0373. The number of carbonyl (C=O) groups is 1. The molecule has 1 unspecified atom stereocenters. The fourth-order valence-corrected chi connectivity index (χ4v) is 2.77. The molecule has 1 atom stereocenters. The van der Waals surface area contributed by atoms with Crippen molar-refractivity contribution >= 4 is 5.91 Å². The van der Waals surface area contributed by atoms with Crippen LogP contribution in [0, 0.1) is 0 Å². The number of morpholine rings is 1. The van der Waals surface area contributed by atoms with Crippen molar-refractivity contribution in [2.45, 2.75) is 12.5 Å². The molecule has 0 saturated carbocycles. The third kappa shape index (κ3) is 3.90. The van der Waals surface area contributed by atoms with Gasteiger partial charge in [-0.2, -0.15) is 0 Å². The van der Waals surface area contributed by atoms with E-state index in [1.165, 1.54) is 0 Å². The highest BCUT2D eigenvalue weighted by molar-refractivity contribution is 5.79. The van der Waals surface area contributed by atoms with Crippen molar-refractivity contribution < 1.29 is 14.3 Å². The van der Waals surface area contributed by atoms with E-state index in [9.17, 15) is 4.79 Å². The predicted molar refractivity (Wildman–Crippen MR) is 88.4 cm³/mol. The highest BCUT2D eigenvalue weighted by Gasteiger charge is 2.25. The fourth-order valence-electron chi connectivity index (χ4n) is 2.77. The van der Waals surface area contributed by atoms with Crippen LogP contribution in [-0.2, 0) is 16.0 Å². The molecule has 4 nitrogen and oxygen atoms in total. The van der Waals surface area contributed by atoms with E-state index in [-0.39, 0.29) is 12.0 Å². The molecule has 120 valence electrons. The molecule has 2 aromatic carbocycles. The second-order valence-electron chi connectivity index (χ2n) is 5.63. The van der Waals surface area contributed by atoms with Crippen LogP contribution in [0.5, 0.6) is 5.75 Å². The van der Waals surface area contributed by atoms with Gasteiger partial charge in [0.15, 0.2) is 0 Å². The highest BCUT2D eigenvalue weighted by Crippen LogP contribution is 2.22. The molecule has 0 spiro atoms. The van der Waals surface area contributed by atoms with Crippen molar-refractivity contribution in [2.75, 3.05) is 26.8 Å². The molecular formula is C19H21NO3. The number of benzene rings is 2. The molecule has 1 aliphatic rings. The van der Waals surface area contributed by atoms with Gasteiger partial charge in [-0.15, -0.1) is 0 Å². The van der Waals surface area contributed by atoms with Gasteiger partial charge in [0.05, 0.1) is 26.7 Å². The van der Waals surface area contributed by atoms with Crippen LogP contribution in [-0.4, -0.2) is 37.6 Å². The SMILES string of the molecule is COc1ccc(CC(=O)N2CCOC(c3ccccc3)C2)cc1. The van der Waals surface area contributed by atoms with Crippen LogP contribution in [0.15, 0.2) is 54.6 Å². The summed E-state index contributed by atoms with van der Waals surface area (Å²) >= 11 is 0. The number of carbonyl (C=O) groups excluding carboxylic acids is 1. The summed E-state index contributed by atoms with van der Waals surface area (Å²) in [6.45, 7) is 1.84. The van der Waals surface area contributed by atoms with Crippen molar-refractivity contribution in [3.05, 3.63) is 65.7 Å². The number of nitrogens with zero attached hydrogens (tertiary/aromatic N) is 1. The van der Waals surface area contributed by atoms with Crippen molar-refractivity contribution in [3.8, 4) is 5.75 Å². The zero-order valence-corrected chi connectivity index (χ0v) is 13.3. The van der Waals surface area contributed by atoms with E-state index in [1.807, 2.05) is 59.5 Å². The number of ether oxygens (including phenoxy) is 2. The molecule has 2 aromatic rings. The molecule has 1 amide bonds. The molecule has 0 N–H and O–H groups in total. The molecular weight excluding hydrogens is 290 g/mol. The lowest BCUT2D eigenvalue weighted by Crippen LogP contribution is -2.42. The van der Waals surface area contributed by atoms with Crippen molar-refractivity contribution in [3.63, 3.8) is 0 Å². The summed E-state index contributed by atoms with van der Waals surface area (Å²) in [4.78, 5) is 14.4. The first-order chi connectivity index (χ1) is 11.3. The van der Waals surface area contributed by atoms with Gasteiger partial charge in [-0.05, 0) is 23.3 Å². The predicted octanol–water partition coefficient (Wildman–Crippen LogP) is 2.84. The Morgan fingerprint density at radius 3 is 2.61 bits per heavy atom. The highest BCUT2D eigenvalue weighted by atomic mass is 16.5. The average Bonchev–Trinajstić information content (AvgIpc) is 2.63. The molecule has 0 radical (unpaired) electrons. The summed E-state index contributed by atoms with van der Waals surface area (Å²) in [5.41, 5.74) is 2.12. The van der Waals surface area contributed by atoms with Crippen LogP contribution in [0.3, 0.4) is 0 Å². The third-order valence-corrected chi connectivity index (χ3v) is 4.10. The smallest absolute Gasteiger partial charge is 0.227 e. The Hall–Kier alpha value is -2.33. The Labute approximate surface area is 136 Å². The number of rotatable bonds is 4. The maximum Gasteiger partial charge on any atom is 0.227 e. The van der Waals surface area contributed by atoms with Gasteiger partial charge >= 0.3 is 0 Å². The summed E-state index contributed by atoms with van der Waals surface area (Å²) in [6, 6.07) is 17.7. The Bertz CT molecular complexity index is 639. The summed E-state index contributed by atoms with van der Waals surface area (Å²) < 4.78 is 11.0. The van der Waals surface area contributed by atoms with E-state index in [0.29, 0.717) is 26.1 Å². The molecule has 1 heterocycles. The molecule has 0 bridgehead atoms. The second-order valence-corrected chi connectivity index (χ2v) is 5.63. The van der Waals surface area contributed by atoms with E-state index in [4.69, 9.17) is 9.47 Å². The van der Waals surface area contributed by atoms with E-state index in [2.05, 4.69) is 0 Å². The van der Waals surface area contributed by atoms with Crippen LogP contribution in [0.2, 0.25) is 0 Å². The minimum absolute atomic E-state index is 0.0373. The van der Waals surface area contributed by atoms with Gasteiger partial charge in [0.1, 0.15) is 11.9 Å². The summed E-state index contributed by atoms with van der Waals surface area (Å²) in [5, 5.41) is 0. The zero-order valence-electron chi connectivity index (χ0n) is 13.3. The first-order valence-electron chi connectivity index (χ1n) is 7.83. The lowest BCUT2D eigenvalue weighted by molar-refractivity contribution is -0.138. The normalized spacial score (nSPS) is 17.8. The van der Waals surface area contributed by atoms with Crippen LogP contribution in [0.4, 0.5) is 0 Å². The van der Waals surface area contributed by atoms with Gasteiger partial charge in [-0.25, -0.2) is 0 Å². The molecule has 0 aliphatic carbocycles. The standard InChI is InChI=1S/C19H21NO3/c1-22-17-9-7-15(8-10-17)13-19(21)20-11-12-23-18(14-20)16-5-3-2-4-6-16/h2-10,18H,11-14H2,1H3. The van der Waals surface area contributed by atoms with Gasteiger partial charge in [-0.1, -0.05) is 42.5 Å². The van der Waals surface area contributed by atoms with Crippen molar-refractivity contribution in [2.24, 2.45) is 0 Å². The van der Waals surface area contributed by atoms with Crippen molar-refractivity contribution in [1.29, 1.82) is 0 Å². The quantitative estimate of drug-likeness (QED) is 0.871. The molecule has 0 aromatic heterocycles.